The number of fused-ring (bicyclic) bond motifs is 1. The Morgan fingerprint density at radius 3 is 2.70 bits per heavy atom. The van der Waals surface area contributed by atoms with Gasteiger partial charge in [0.1, 0.15) is 6.07 Å². The highest BCUT2D eigenvalue weighted by molar-refractivity contribution is 5.59. The average molecular weight is 303 g/mol. The van der Waals surface area contributed by atoms with E-state index in [1.807, 2.05) is 12.1 Å². The van der Waals surface area contributed by atoms with E-state index in [1.54, 1.807) is 18.5 Å². The number of ether oxygens (including phenoxy) is 1. The van der Waals surface area contributed by atoms with Crippen LogP contribution < -0.4 is 5.73 Å². The van der Waals surface area contributed by atoms with E-state index in [0.29, 0.717) is 13.2 Å². The van der Waals surface area contributed by atoms with Gasteiger partial charge in [0, 0.05) is 24.2 Å². The van der Waals surface area contributed by atoms with Crippen molar-refractivity contribution in [2.45, 2.75) is 5.92 Å². The van der Waals surface area contributed by atoms with Crippen molar-refractivity contribution < 1.29 is 4.74 Å². The van der Waals surface area contributed by atoms with Gasteiger partial charge < -0.3 is 10.5 Å². The van der Waals surface area contributed by atoms with Gasteiger partial charge in [0.05, 0.1) is 36.6 Å². The number of nitrogens with zero attached hydrogens (tertiary/aromatic N) is 4. The summed E-state index contributed by atoms with van der Waals surface area (Å²) in [5.74, 6) is -0.816. The summed E-state index contributed by atoms with van der Waals surface area (Å²) < 4.78 is 5.51. The lowest BCUT2D eigenvalue weighted by Gasteiger charge is -2.42. The van der Waals surface area contributed by atoms with Crippen LogP contribution in [0, 0.1) is 45.3 Å². The highest BCUT2D eigenvalue weighted by Crippen LogP contribution is 2.53. The van der Waals surface area contributed by atoms with Crippen LogP contribution >= 0.6 is 0 Å². The van der Waals surface area contributed by atoms with E-state index < -0.39 is 11.3 Å². The smallest absolute Gasteiger partial charge is 0.191 e. The SMILES string of the molecule is N#CC1=C(N)C(C#N)(C#N)[C@@H](c2cccnc2)[C@@H]2COCC=C12. The van der Waals surface area contributed by atoms with Crippen LogP contribution in [0.4, 0.5) is 0 Å². The molecule has 2 aliphatic rings. The van der Waals surface area contributed by atoms with Crippen molar-refractivity contribution in [3.8, 4) is 18.2 Å². The summed E-state index contributed by atoms with van der Waals surface area (Å²) in [5.41, 5.74) is 6.25. The molecule has 0 unspecified atom stereocenters. The minimum Gasteiger partial charge on any atom is -0.399 e. The quantitative estimate of drug-likeness (QED) is 0.839. The molecule has 0 saturated carbocycles. The number of nitrogens with two attached hydrogens (primary N) is 1. The van der Waals surface area contributed by atoms with Gasteiger partial charge in [-0.05, 0) is 17.2 Å². The third-order valence-corrected chi connectivity index (χ3v) is 4.48. The van der Waals surface area contributed by atoms with Crippen molar-refractivity contribution in [1.82, 2.24) is 4.98 Å². The third kappa shape index (κ3) is 1.99. The first-order valence-electron chi connectivity index (χ1n) is 7.10. The van der Waals surface area contributed by atoms with Crippen LogP contribution in [-0.2, 0) is 4.74 Å². The van der Waals surface area contributed by atoms with Gasteiger partial charge in [0.15, 0.2) is 5.41 Å². The summed E-state index contributed by atoms with van der Waals surface area (Å²) in [6, 6.07) is 9.74. The molecule has 0 fully saturated rings. The summed E-state index contributed by atoms with van der Waals surface area (Å²) in [6.45, 7) is 0.713. The first-order chi connectivity index (χ1) is 11.2. The summed E-state index contributed by atoms with van der Waals surface area (Å²) in [6.07, 6.45) is 5.06. The summed E-state index contributed by atoms with van der Waals surface area (Å²) in [4.78, 5) is 4.09. The van der Waals surface area contributed by atoms with Gasteiger partial charge >= 0.3 is 0 Å². The molecule has 6 nitrogen and oxygen atoms in total. The molecule has 6 heteroatoms. The molecule has 1 aliphatic heterocycles. The molecule has 2 atom stereocenters. The maximum absolute atomic E-state index is 9.77. The van der Waals surface area contributed by atoms with E-state index in [-0.39, 0.29) is 17.2 Å². The molecule has 112 valence electrons. The molecule has 1 aromatic heterocycles. The third-order valence-electron chi connectivity index (χ3n) is 4.48. The van der Waals surface area contributed by atoms with Crippen molar-refractivity contribution in [3.05, 3.63) is 53.0 Å². The van der Waals surface area contributed by atoms with Crippen molar-refractivity contribution in [3.63, 3.8) is 0 Å². The lowest BCUT2D eigenvalue weighted by atomic mass is 9.59. The monoisotopic (exact) mass is 303 g/mol. The molecule has 0 amide bonds. The largest absolute Gasteiger partial charge is 0.399 e. The Labute approximate surface area is 133 Å². The van der Waals surface area contributed by atoms with Crippen LogP contribution in [-0.4, -0.2) is 18.2 Å². The predicted octanol–water partition coefficient (Wildman–Crippen LogP) is 1.52. The first-order valence-corrected chi connectivity index (χ1v) is 7.10. The number of pyridine rings is 1. The second-order valence-corrected chi connectivity index (χ2v) is 5.50. The molecule has 0 aromatic carbocycles. The van der Waals surface area contributed by atoms with E-state index in [1.165, 1.54) is 0 Å². The van der Waals surface area contributed by atoms with E-state index in [0.717, 1.165) is 11.1 Å². The fourth-order valence-corrected chi connectivity index (χ4v) is 3.42. The van der Waals surface area contributed by atoms with Crippen molar-refractivity contribution in [2.75, 3.05) is 13.2 Å². The zero-order valence-corrected chi connectivity index (χ0v) is 12.2. The maximum atomic E-state index is 9.77. The van der Waals surface area contributed by atoms with E-state index in [2.05, 4.69) is 23.2 Å². The summed E-state index contributed by atoms with van der Waals surface area (Å²) in [7, 11) is 0. The van der Waals surface area contributed by atoms with Crippen LogP contribution in [0.5, 0.6) is 0 Å². The normalized spacial score (nSPS) is 25.3. The van der Waals surface area contributed by atoms with Crippen molar-refractivity contribution >= 4 is 0 Å². The lowest BCUT2D eigenvalue weighted by molar-refractivity contribution is 0.0978. The predicted molar refractivity (Wildman–Crippen MR) is 79.9 cm³/mol. The van der Waals surface area contributed by atoms with Gasteiger partial charge in [0.25, 0.3) is 0 Å². The van der Waals surface area contributed by atoms with Gasteiger partial charge in [-0.3, -0.25) is 4.98 Å². The van der Waals surface area contributed by atoms with Gasteiger partial charge in [-0.1, -0.05) is 12.1 Å². The molecule has 0 saturated heterocycles. The number of allylic oxidation sites excluding steroid dienone is 2. The highest BCUT2D eigenvalue weighted by Gasteiger charge is 2.54. The minimum atomic E-state index is -1.61. The fraction of sp³-hybridized carbons (Fsp3) is 0.294. The second kappa shape index (κ2) is 5.57. The van der Waals surface area contributed by atoms with Crippen LogP contribution in [0.2, 0.25) is 0 Å². The molecule has 0 radical (unpaired) electrons. The van der Waals surface area contributed by atoms with Gasteiger partial charge in [-0.25, -0.2) is 0 Å². The van der Waals surface area contributed by atoms with Crippen molar-refractivity contribution in [1.29, 1.82) is 15.8 Å². The van der Waals surface area contributed by atoms with Gasteiger partial charge in [-0.2, -0.15) is 15.8 Å². The fourth-order valence-electron chi connectivity index (χ4n) is 3.42. The topological polar surface area (TPSA) is 120 Å². The first kappa shape index (κ1) is 14.8. The van der Waals surface area contributed by atoms with Gasteiger partial charge in [-0.15, -0.1) is 0 Å². The number of aromatic nitrogens is 1. The van der Waals surface area contributed by atoms with Gasteiger partial charge in [0.2, 0.25) is 0 Å². The molecule has 23 heavy (non-hydrogen) atoms. The molecule has 3 rings (SSSR count). The number of hydrogen-bond acceptors (Lipinski definition) is 6. The maximum Gasteiger partial charge on any atom is 0.191 e. The minimum absolute atomic E-state index is 0.0169. The molecule has 0 bridgehead atoms. The average Bonchev–Trinajstić information content (AvgIpc) is 2.61. The van der Waals surface area contributed by atoms with Crippen LogP contribution in [0.25, 0.3) is 0 Å². The van der Waals surface area contributed by atoms with Crippen LogP contribution in [0.3, 0.4) is 0 Å². The Hall–Kier alpha value is -3.14. The number of nitriles is 3. The van der Waals surface area contributed by atoms with Crippen molar-refractivity contribution in [2.24, 2.45) is 17.1 Å². The summed E-state index contributed by atoms with van der Waals surface area (Å²) >= 11 is 0. The van der Waals surface area contributed by atoms with E-state index in [9.17, 15) is 15.8 Å². The zero-order valence-electron chi connectivity index (χ0n) is 12.2. The number of hydrogen-bond donors (Lipinski definition) is 1. The second-order valence-electron chi connectivity index (χ2n) is 5.50. The molecule has 1 aliphatic carbocycles. The molecule has 1 aromatic rings. The van der Waals surface area contributed by atoms with E-state index in [4.69, 9.17) is 10.5 Å². The zero-order chi connectivity index (χ0) is 16.4. The Morgan fingerprint density at radius 2 is 2.09 bits per heavy atom. The Morgan fingerprint density at radius 1 is 1.30 bits per heavy atom. The molecule has 2 N–H and O–H groups in total. The Balaban J connectivity index is 2.33. The number of rotatable bonds is 1. The molecule has 2 heterocycles. The molecular weight excluding hydrogens is 290 g/mol. The van der Waals surface area contributed by atoms with Crippen LogP contribution in [0.1, 0.15) is 11.5 Å². The standard InChI is InChI=1S/C17H13N5O/c18-6-13-12-3-5-23-8-14(12)15(11-2-1-4-22-7-11)17(9-19,10-20)16(13)21/h1-4,7,14-15H,5,8,21H2/t14-,15+/m1/s1. The molecular formula is C17H13N5O. The Bertz CT molecular complexity index is 805. The van der Waals surface area contributed by atoms with E-state index >= 15 is 0 Å². The Kier molecular flexibility index (Phi) is 3.58. The summed E-state index contributed by atoms with van der Waals surface area (Å²) in [5, 5.41) is 29.0. The van der Waals surface area contributed by atoms with Crippen LogP contribution in [0.15, 0.2) is 47.4 Å². The molecule has 0 spiro atoms. The lowest BCUT2D eigenvalue weighted by Crippen LogP contribution is -2.44. The highest BCUT2D eigenvalue weighted by atomic mass is 16.5.